The molecule has 1 atom stereocenters. The number of nitrogens with one attached hydrogen (secondary N) is 1. The number of amides is 1. The van der Waals surface area contributed by atoms with E-state index in [9.17, 15) is 9.59 Å². The van der Waals surface area contributed by atoms with Gasteiger partial charge < -0.3 is 19.0 Å². The second kappa shape index (κ2) is 7.88. The van der Waals surface area contributed by atoms with Gasteiger partial charge >= 0.3 is 5.97 Å². The fraction of sp³-hybridized carbons (Fsp3) is 0.429. The number of hydrogen-bond donors (Lipinski definition) is 1. The van der Waals surface area contributed by atoms with Gasteiger partial charge in [0.2, 0.25) is 5.91 Å². The van der Waals surface area contributed by atoms with E-state index >= 15 is 0 Å². The SMILES string of the molecule is COC(=O)c1n[nH]c2c1CN(C(=O)C1CCCN(c3nc4cc(Cl)ccc4o3)C1)CC2. The van der Waals surface area contributed by atoms with Crippen LogP contribution in [0.2, 0.25) is 5.02 Å². The lowest BCUT2D eigenvalue weighted by atomic mass is 9.95. The number of aromatic amines is 1. The topological polar surface area (TPSA) is 105 Å². The van der Waals surface area contributed by atoms with Crippen LogP contribution in [-0.4, -0.2) is 58.7 Å². The van der Waals surface area contributed by atoms with E-state index in [1.165, 1.54) is 7.11 Å². The summed E-state index contributed by atoms with van der Waals surface area (Å²) in [6.45, 7) is 2.26. The molecule has 1 saturated heterocycles. The van der Waals surface area contributed by atoms with Gasteiger partial charge in [-0.1, -0.05) is 11.6 Å². The van der Waals surface area contributed by atoms with Crippen LogP contribution in [0.1, 0.15) is 34.6 Å². The van der Waals surface area contributed by atoms with Crippen molar-refractivity contribution < 1.29 is 18.7 Å². The molecule has 3 aromatic rings. The van der Waals surface area contributed by atoms with E-state index < -0.39 is 5.97 Å². The van der Waals surface area contributed by atoms with Gasteiger partial charge in [0, 0.05) is 48.9 Å². The molecular weight excluding hydrogens is 422 g/mol. The summed E-state index contributed by atoms with van der Waals surface area (Å²) in [5.74, 6) is -0.583. The summed E-state index contributed by atoms with van der Waals surface area (Å²) in [6.07, 6.45) is 2.31. The van der Waals surface area contributed by atoms with Crippen molar-refractivity contribution in [2.24, 2.45) is 5.92 Å². The average molecular weight is 444 g/mol. The number of methoxy groups -OCH3 is 1. The number of benzene rings is 1. The molecule has 0 radical (unpaired) electrons. The number of ether oxygens (including phenoxy) is 1. The van der Waals surface area contributed by atoms with Gasteiger partial charge in [-0.15, -0.1) is 0 Å². The van der Waals surface area contributed by atoms with Crippen molar-refractivity contribution >= 4 is 40.6 Å². The summed E-state index contributed by atoms with van der Waals surface area (Å²) in [5.41, 5.74) is 3.27. The van der Waals surface area contributed by atoms with Crippen LogP contribution in [0.15, 0.2) is 22.6 Å². The van der Waals surface area contributed by atoms with E-state index in [-0.39, 0.29) is 17.5 Å². The number of rotatable bonds is 3. The highest BCUT2D eigenvalue weighted by Gasteiger charge is 2.34. The highest BCUT2D eigenvalue weighted by Crippen LogP contribution is 2.30. The first-order valence-electron chi connectivity index (χ1n) is 10.3. The number of fused-ring (bicyclic) bond motifs is 2. The smallest absolute Gasteiger partial charge is 0.358 e. The Morgan fingerprint density at radius 1 is 1.32 bits per heavy atom. The van der Waals surface area contributed by atoms with Crippen LogP contribution < -0.4 is 4.90 Å². The van der Waals surface area contributed by atoms with Gasteiger partial charge in [0.1, 0.15) is 5.52 Å². The summed E-state index contributed by atoms with van der Waals surface area (Å²) >= 11 is 6.05. The normalized spacial score (nSPS) is 18.8. The number of piperidine rings is 1. The number of esters is 1. The molecule has 5 rings (SSSR count). The maximum atomic E-state index is 13.3. The molecule has 1 unspecified atom stereocenters. The van der Waals surface area contributed by atoms with Crippen molar-refractivity contribution in [3.8, 4) is 0 Å². The lowest BCUT2D eigenvalue weighted by Crippen LogP contribution is -2.46. The molecule has 2 aliphatic rings. The number of carbonyl (C=O) groups excluding carboxylic acids is 2. The van der Waals surface area contributed by atoms with Crippen LogP contribution in [0.3, 0.4) is 0 Å². The Bertz CT molecular complexity index is 1160. The molecule has 1 N–H and O–H groups in total. The fourth-order valence-electron chi connectivity index (χ4n) is 4.38. The van der Waals surface area contributed by atoms with Gasteiger partial charge in [-0.2, -0.15) is 10.1 Å². The molecule has 162 valence electrons. The minimum atomic E-state index is -0.494. The minimum Gasteiger partial charge on any atom is -0.464 e. The van der Waals surface area contributed by atoms with E-state index in [1.807, 2.05) is 9.80 Å². The molecular formula is C21H22ClN5O4. The quantitative estimate of drug-likeness (QED) is 0.620. The molecule has 0 aliphatic carbocycles. The molecule has 31 heavy (non-hydrogen) atoms. The highest BCUT2D eigenvalue weighted by atomic mass is 35.5. The van der Waals surface area contributed by atoms with Crippen molar-refractivity contribution in [1.82, 2.24) is 20.1 Å². The zero-order valence-electron chi connectivity index (χ0n) is 17.1. The lowest BCUT2D eigenvalue weighted by molar-refractivity contribution is -0.136. The molecule has 0 saturated carbocycles. The molecule has 9 nitrogen and oxygen atoms in total. The van der Waals surface area contributed by atoms with Crippen LogP contribution >= 0.6 is 11.6 Å². The Morgan fingerprint density at radius 3 is 3.03 bits per heavy atom. The van der Waals surface area contributed by atoms with Crippen molar-refractivity contribution in [3.63, 3.8) is 0 Å². The minimum absolute atomic E-state index is 0.0755. The third kappa shape index (κ3) is 3.63. The molecule has 2 aromatic heterocycles. The number of oxazole rings is 1. The second-order valence-electron chi connectivity index (χ2n) is 7.92. The van der Waals surface area contributed by atoms with Crippen LogP contribution in [0.25, 0.3) is 11.1 Å². The van der Waals surface area contributed by atoms with Crippen LogP contribution in [-0.2, 0) is 22.5 Å². The molecule has 10 heteroatoms. The van der Waals surface area contributed by atoms with E-state index in [0.717, 1.165) is 30.6 Å². The fourth-order valence-corrected chi connectivity index (χ4v) is 4.55. The van der Waals surface area contributed by atoms with Gasteiger partial charge in [0.15, 0.2) is 11.3 Å². The summed E-state index contributed by atoms with van der Waals surface area (Å²) in [5, 5.41) is 7.58. The Kier molecular flexibility index (Phi) is 5.05. The van der Waals surface area contributed by atoms with Gasteiger partial charge in [-0.3, -0.25) is 9.89 Å². The predicted octanol–water partition coefficient (Wildman–Crippen LogP) is 2.79. The zero-order valence-corrected chi connectivity index (χ0v) is 17.8. The molecule has 4 heterocycles. The van der Waals surface area contributed by atoms with Crippen molar-refractivity contribution in [2.45, 2.75) is 25.8 Å². The lowest BCUT2D eigenvalue weighted by Gasteiger charge is -2.35. The van der Waals surface area contributed by atoms with Gasteiger partial charge in [-0.05, 0) is 31.0 Å². The number of halogens is 1. The number of aromatic nitrogens is 3. The Hall–Kier alpha value is -3.07. The average Bonchev–Trinajstić information content (AvgIpc) is 3.41. The maximum Gasteiger partial charge on any atom is 0.358 e. The number of anilines is 1. The monoisotopic (exact) mass is 443 g/mol. The second-order valence-corrected chi connectivity index (χ2v) is 8.36. The summed E-state index contributed by atoms with van der Waals surface area (Å²) in [7, 11) is 1.33. The Labute approximate surface area is 183 Å². The van der Waals surface area contributed by atoms with Crippen LogP contribution in [0.4, 0.5) is 6.01 Å². The standard InChI is InChI=1S/C21H22ClN5O4/c1-30-20(29)18-14-11-26(8-6-15(14)24-25-18)19(28)12-3-2-7-27(10-12)21-23-16-9-13(22)4-5-17(16)31-21/h4-5,9,12H,2-3,6-8,10-11H2,1H3,(H,24,25). The van der Waals surface area contributed by atoms with Crippen molar-refractivity contribution in [2.75, 3.05) is 31.6 Å². The summed E-state index contributed by atoms with van der Waals surface area (Å²) in [6, 6.07) is 5.85. The third-order valence-corrected chi connectivity index (χ3v) is 6.24. The van der Waals surface area contributed by atoms with Gasteiger partial charge in [0.05, 0.1) is 13.0 Å². The summed E-state index contributed by atoms with van der Waals surface area (Å²) in [4.78, 5) is 33.7. The van der Waals surface area contributed by atoms with E-state index in [4.69, 9.17) is 20.8 Å². The van der Waals surface area contributed by atoms with Crippen molar-refractivity contribution in [3.05, 3.63) is 40.2 Å². The highest BCUT2D eigenvalue weighted by molar-refractivity contribution is 6.31. The number of nitrogens with zero attached hydrogens (tertiary/aromatic N) is 4. The maximum absolute atomic E-state index is 13.3. The molecule has 2 aliphatic heterocycles. The first-order chi connectivity index (χ1) is 15.0. The number of hydrogen-bond acceptors (Lipinski definition) is 7. The van der Waals surface area contributed by atoms with Gasteiger partial charge in [-0.25, -0.2) is 4.79 Å². The number of H-pyrrole nitrogens is 1. The first-order valence-corrected chi connectivity index (χ1v) is 10.7. The zero-order chi connectivity index (χ0) is 21.5. The molecule has 0 bridgehead atoms. The van der Waals surface area contributed by atoms with E-state index in [0.29, 0.717) is 48.2 Å². The largest absolute Gasteiger partial charge is 0.464 e. The Balaban J connectivity index is 1.31. The Morgan fingerprint density at radius 2 is 2.19 bits per heavy atom. The molecule has 1 fully saturated rings. The third-order valence-electron chi connectivity index (χ3n) is 6.00. The van der Waals surface area contributed by atoms with Crippen molar-refractivity contribution in [1.29, 1.82) is 0 Å². The number of carbonyl (C=O) groups is 2. The first kappa shape index (κ1) is 19.9. The van der Waals surface area contributed by atoms with Crippen LogP contribution in [0, 0.1) is 5.92 Å². The van der Waals surface area contributed by atoms with Gasteiger partial charge in [0.25, 0.3) is 6.01 Å². The van der Waals surface area contributed by atoms with Crippen LogP contribution in [0.5, 0.6) is 0 Å². The summed E-state index contributed by atoms with van der Waals surface area (Å²) < 4.78 is 10.7. The molecule has 1 amide bonds. The predicted molar refractivity (Wildman–Crippen MR) is 113 cm³/mol. The molecule has 1 aromatic carbocycles. The molecule has 0 spiro atoms. The van der Waals surface area contributed by atoms with E-state index in [2.05, 4.69) is 15.2 Å². The van der Waals surface area contributed by atoms with E-state index in [1.54, 1.807) is 18.2 Å².